The van der Waals surface area contributed by atoms with E-state index in [1.165, 1.54) is 15.3 Å². The van der Waals surface area contributed by atoms with Gasteiger partial charge >= 0.3 is 0 Å². The van der Waals surface area contributed by atoms with Crippen LogP contribution >= 0.6 is 0 Å². The predicted octanol–water partition coefficient (Wildman–Crippen LogP) is 3.32. The fourth-order valence-corrected chi connectivity index (χ4v) is 5.44. The van der Waals surface area contributed by atoms with E-state index < -0.39 is 18.0 Å². The third-order valence-corrected chi connectivity index (χ3v) is 7.38. The van der Waals surface area contributed by atoms with Gasteiger partial charge in [0.05, 0.1) is 18.5 Å². The highest BCUT2D eigenvalue weighted by molar-refractivity contribution is 5.73. The summed E-state index contributed by atoms with van der Waals surface area (Å²) >= 11 is 0. The van der Waals surface area contributed by atoms with Crippen LogP contribution < -0.4 is 16.4 Å². The number of fused-ring (bicyclic) bond motifs is 3. The molecule has 39 heavy (non-hydrogen) atoms. The molecule has 5 heterocycles. The third-order valence-electron chi connectivity index (χ3n) is 7.38. The summed E-state index contributed by atoms with van der Waals surface area (Å²) in [5, 5.41) is 17.8. The minimum atomic E-state index is -0.542. The number of rotatable bonds is 6. The minimum Gasteiger partial charge on any atom is -0.392 e. The van der Waals surface area contributed by atoms with Crippen molar-refractivity contribution in [3.05, 3.63) is 92.7 Å². The highest BCUT2D eigenvalue weighted by atomic mass is 19.1. The molecule has 11 heteroatoms. The van der Waals surface area contributed by atoms with E-state index >= 15 is 4.39 Å². The van der Waals surface area contributed by atoms with E-state index in [1.807, 2.05) is 6.92 Å². The van der Waals surface area contributed by atoms with Gasteiger partial charge in [-0.1, -0.05) is 0 Å². The first-order valence-electron chi connectivity index (χ1n) is 12.9. The van der Waals surface area contributed by atoms with Crippen molar-refractivity contribution in [3.8, 4) is 16.9 Å². The molecule has 5 aromatic heterocycles. The first-order chi connectivity index (χ1) is 18.9. The lowest BCUT2D eigenvalue weighted by Gasteiger charge is -2.16. The number of aryl methyl sites for hydroxylation is 3. The molecule has 0 bridgehead atoms. The Morgan fingerprint density at radius 2 is 1.95 bits per heavy atom. The van der Waals surface area contributed by atoms with Crippen LogP contribution in [0.2, 0.25) is 0 Å². The third kappa shape index (κ3) is 4.06. The molecule has 0 radical (unpaired) electrons. The summed E-state index contributed by atoms with van der Waals surface area (Å²) in [4.78, 5) is 30.9. The lowest BCUT2D eigenvalue weighted by Crippen LogP contribution is -2.23. The van der Waals surface area contributed by atoms with E-state index in [2.05, 4.69) is 15.4 Å². The average Bonchev–Trinajstić information content (AvgIpc) is 3.53. The molecular formula is C28H28FN7O3. The van der Waals surface area contributed by atoms with Crippen LogP contribution in [0.3, 0.4) is 0 Å². The summed E-state index contributed by atoms with van der Waals surface area (Å²) in [5.74, 6) is -0.278. The minimum absolute atomic E-state index is 0.0123. The zero-order valence-corrected chi connectivity index (χ0v) is 21.7. The number of nitrogens with zero attached hydrogens (tertiary/aromatic N) is 6. The topological polar surface area (TPSA) is 111 Å². The molecule has 1 aliphatic rings. The van der Waals surface area contributed by atoms with Crippen LogP contribution in [0.15, 0.2) is 58.9 Å². The van der Waals surface area contributed by atoms with Gasteiger partial charge in [0.1, 0.15) is 17.0 Å². The monoisotopic (exact) mass is 529 g/mol. The van der Waals surface area contributed by atoms with Crippen molar-refractivity contribution in [2.75, 3.05) is 5.32 Å². The number of hydrogen-bond acceptors (Lipinski definition) is 6. The maximum absolute atomic E-state index is 15.4. The molecule has 0 spiro atoms. The molecule has 0 saturated carbocycles. The Morgan fingerprint density at radius 3 is 2.72 bits per heavy atom. The largest absolute Gasteiger partial charge is 0.392 e. The predicted molar refractivity (Wildman–Crippen MR) is 145 cm³/mol. The van der Waals surface area contributed by atoms with Crippen LogP contribution in [0.5, 0.6) is 0 Å². The lowest BCUT2D eigenvalue weighted by atomic mass is 9.98. The van der Waals surface area contributed by atoms with Crippen molar-refractivity contribution >= 4 is 16.9 Å². The number of hydrogen-bond donors (Lipinski definition) is 2. The van der Waals surface area contributed by atoms with E-state index in [4.69, 9.17) is 0 Å². The first-order valence-corrected chi connectivity index (χ1v) is 12.9. The number of halogens is 1. The normalized spacial score (nSPS) is 13.1. The van der Waals surface area contributed by atoms with Crippen molar-refractivity contribution in [1.29, 1.82) is 0 Å². The van der Waals surface area contributed by atoms with Gasteiger partial charge in [-0.05, 0) is 50.3 Å². The highest BCUT2D eigenvalue weighted by Gasteiger charge is 2.25. The highest BCUT2D eigenvalue weighted by Crippen LogP contribution is 2.30. The zero-order chi connectivity index (χ0) is 27.3. The van der Waals surface area contributed by atoms with E-state index in [9.17, 15) is 14.7 Å². The Balaban J connectivity index is 1.48. The smallest absolute Gasteiger partial charge is 0.283 e. The lowest BCUT2D eigenvalue weighted by molar-refractivity contribution is 0.281. The Morgan fingerprint density at radius 1 is 1.13 bits per heavy atom. The first kappa shape index (κ1) is 24.8. The summed E-state index contributed by atoms with van der Waals surface area (Å²) in [6.07, 6.45) is 13.1. The maximum Gasteiger partial charge on any atom is 0.283 e. The van der Waals surface area contributed by atoms with Gasteiger partial charge in [-0.25, -0.2) is 9.37 Å². The van der Waals surface area contributed by atoms with Crippen LogP contribution in [-0.2, 0) is 33.0 Å². The number of nitrogens with one attached hydrogen (secondary N) is 1. The van der Waals surface area contributed by atoms with Gasteiger partial charge in [-0.2, -0.15) is 5.10 Å². The number of aliphatic hydroxyl groups excluding tert-OH is 1. The summed E-state index contributed by atoms with van der Waals surface area (Å²) < 4.78 is 21.5. The molecule has 0 unspecified atom stereocenters. The van der Waals surface area contributed by atoms with Crippen LogP contribution in [0.25, 0.3) is 22.5 Å². The Kier molecular flexibility index (Phi) is 6.15. The molecule has 200 valence electrons. The Hall–Kier alpha value is -4.51. The van der Waals surface area contributed by atoms with Gasteiger partial charge < -0.3 is 19.4 Å². The van der Waals surface area contributed by atoms with E-state index in [1.54, 1.807) is 59.2 Å². The summed E-state index contributed by atoms with van der Waals surface area (Å²) in [6, 6.07) is 3.41. The van der Waals surface area contributed by atoms with Gasteiger partial charge in [0.25, 0.3) is 11.1 Å². The molecule has 0 fully saturated rings. The SMILES string of the molecule is CCn1cc(Nc2cc(-c3ccnc(-n4ccn5c6c(c(F)c5c4=O)CCCC6)c3CO)cn(C)c2=O)cn1. The molecule has 0 aromatic carbocycles. The van der Waals surface area contributed by atoms with E-state index in [-0.39, 0.29) is 16.9 Å². The number of aromatic nitrogens is 6. The average molecular weight is 530 g/mol. The van der Waals surface area contributed by atoms with Crippen LogP contribution in [-0.4, -0.2) is 33.4 Å². The number of aliphatic hydroxyl groups is 1. The second kappa shape index (κ2) is 9.66. The number of anilines is 2. The molecule has 0 atom stereocenters. The second-order valence-corrected chi connectivity index (χ2v) is 9.73. The van der Waals surface area contributed by atoms with Crippen LogP contribution in [0.4, 0.5) is 15.8 Å². The molecule has 0 amide bonds. The standard InChI is InChI=1S/C28H28FN7O3/c1-3-34-15-18(13-31-34)32-22-12-17(14-33(2)27(22)38)19-8-9-30-26(21(19)16-37)36-11-10-35-23-7-5-4-6-20(23)24(29)25(35)28(36)39/h8-15,32,37H,3-7,16H2,1-2H3. The summed E-state index contributed by atoms with van der Waals surface area (Å²) in [5.41, 5.74) is 3.25. The zero-order valence-electron chi connectivity index (χ0n) is 21.7. The van der Waals surface area contributed by atoms with Gasteiger partial charge in [-0.15, -0.1) is 0 Å². The molecular weight excluding hydrogens is 501 g/mol. The van der Waals surface area contributed by atoms with E-state index in [0.29, 0.717) is 46.6 Å². The summed E-state index contributed by atoms with van der Waals surface area (Å²) in [6.45, 7) is 2.24. The number of pyridine rings is 2. The van der Waals surface area contributed by atoms with Gasteiger partial charge in [0, 0.05) is 67.0 Å². The molecule has 0 aliphatic heterocycles. The maximum atomic E-state index is 15.4. The molecule has 5 aromatic rings. The molecule has 1 aliphatic carbocycles. The fourth-order valence-electron chi connectivity index (χ4n) is 5.44. The Labute approximate surface area is 222 Å². The van der Waals surface area contributed by atoms with Gasteiger partial charge in [0.15, 0.2) is 5.82 Å². The van der Waals surface area contributed by atoms with Crippen molar-refractivity contribution in [2.45, 2.75) is 45.8 Å². The van der Waals surface area contributed by atoms with Crippen molar-refractivity contribution < 1.29 is 9.50 Å². The molecule has 0 saturated heterocycles. The quantitative estimate of drug-likeness (QED) is 0.349. The van der Waals surface area contributed by atoms with E-state index in [0.717, 1.165) is 25.0 Å². The molecule has 10 nitrogen and oxygen atoms in total. The summed E-state index contributed by atoms with van der Waals surface area (Å²) in [7, 11) is 1.64. The van der Waals surface area contributed by atoms with Crippen LogP contribution in [0.1, 0.15) is 36.6 Å². The van der Waals surface area contributed by atoms with Crippen molar-refractivity contribution in [3.63, 3.8) is 0 Å². The molecule has 6 rings (SSSR count). The van der Waals surface area contributed by atoms with Crippen molar-refractivity contribution in [2.24, 2.45) is 7.05 Å². The fraction of sp³-hybridized carbons (Fsp3) is 0.286. The van der Waals surface area contributed by atoms with Gasteiger partial charge in [-0.3, -0.25) is 18.8 Å². The van der Waals surface area contributed by atoms with Crippen molar-refractivity contribution in [1.82, 2.24) is 28.3 Å². The van der Waals surface area contributed by atoms with Crippen LogP contribution in [0, 0.1) is 5.82 Å². The van der Waals surface area contributed by atoms with Gasteiger partial charge in [0.2, 0.25) is 0 Å². The molecule has 2 N–H and O–H groups in total. The Bertz CT molecular complexity index is 1850. The second-order valence-electron chi connectivity index (χ2n) is 9.73.